The number of nitrogens with zero attached hydrogens (tertiary/aromatic N) is 4. The van der Waals surface area contributed by atoms with Crippen LogP contribution in [0.15, 0.2) is 18.3 Å². The molecule has 0 radical (unpaired) electrons. The van der Waals surface area contributed by atoms with Crippen LogP contribution in [0.5, 0.6) is 0 Å². The molecule has 1 atom stereocenters. The SMILES string of the molecule is CC(C)CC(=O)N1CCN(c2cc(C#N)ccn2)C[C@H](O)C1. The van der Waals surface area contributed by atoms with Gasteiger partial charge in [0.1, 0.15) is 5.82 Å². The van der Waals surface area contributed by atoms with Crippen LogP contribution in [-0.4, -0.2) is 53.2 Å². The predicted octanol–water partition coefficient (Wildman–Crippen LogP) is 1.01. The zero-order valence-corrected chi connectivity index (χ0v) is 13.1. The first-order valence-electron chi connectivity index (χ1n) is 7.56. The van der Waals surface area contributed by atoms with Gasteiger partial charge in [-0.2, -0.15) is 5.26 Å². The van der Waals surface area contributed by atoms with Gasteiger partial charge in [-0.15, -0.1) is 0 Å². The Morgan fingerprint density at radius 3 is 2.95 bits per heavy atom. The fourth-order valence-corrected chi connectivity index (χ4v) is 2.56. The van der Waals surface area contributed by atoms with E-state index in [9.17, 15) is 9.90 Å². The van der Waals surface area contributed by atoms with Crippen LogP contribution in [0.1, 0.15) is 25.8 Å². The Morgan fingerprint density at radius 1 is 1.50 bits per heavy atom. The number of nitriles is 1. The summed E-state index contributed by atoms with van der Waals surface area (Å²) in [6.07, 6.45) is 1.47. The van der Waals surface area contributed by atoms with Crippen LogP contribution in [0, 0.1) is 17.2 Å². The molecule has 118 valence electrons. The van der Waals surface area contributed by atoms with Gasteiger partial charge in [0.25, 0.3) is 0 Å². The molecular formula is C16H22N4O2. The largest absolute Gasteiger partial charge is 0.389 e. The number of carbonyl (C=O) groups is 1. The van der Waals surface area contributed by atoms with Crippen molar-refractivity contribution in [3.8, 4) is 6.07 Å². The summed E-state index contributed by atoms with van der Waals surface area (Å²) < 4.78 is 0. The summed E-state index contributed by atoms with van der Waals surface area (Å²) in [5.41, 5.74) is 0.538. The fourth-order valence-electron chi connectivity index (χ4n) is 2.56. The maximum atomic E-state index is 12.2. The van der Waals surface area contributed by atoms with Gasteiger partial charge in [-0.05, 0) is 18.1 Å². The van der Waals surface area contributed by atoms with Crippen LogP contribution in [0.3, 0.4) is 0 Å². The van der Waals surface area contributed by atoms with Gasteiger partial charge < -0.3 is 14.9 Å². The van der Waals surface area contributed by atoms with Crippen molar-refractivity contribution in [1.82, 2.24) is 9.88 Å². The van der Waals surface area contributed by atoms with Gasteiger partial charge in [0, 0.05) is 38.8 Å². The third-order valence-corrected chi connectivity index (χ3v) is 3.64. The van der Waals surface area contributed by atoms with E-state index < -0.39 is 6.10 Å². The standard InChI is InChI=1S/C16H22N4O2/c1-12(2)7-16(22)20-6-5-19(10-14(21)11-20)15-8-13(9-17)3-4-18-15/h3-4,8,12,14,21H,5-7,10-11H2,1-2H3/t14-/m0/s1. The van der Waals surface area contributed by atoms with Gasteiger partial charge in [-0.1, -0.05) is 13.8 Å². The number of anilines is 1. The zero-order chi connectivity index (χ0) is 16.1. The molecule has 1 fully saturated rings. The van der Waals surface area contributed by atoms with Gasteiger partial charge in [0.2, 0.25) is 5.91 Å². The molecule has 1 amide bonds. The van der Waals surface area contributed by atoms with Crippen LogP contribution in [0.25, 0.3) is 0 Å². The number of aliphatic hydroxyl groups excluding tert-OH is 1. The van der Waals surface area contributed by atoms with Crippen LogP contribution in [0.4, 0.5) is 5.82 Å². The number of hydrogen-bond donors (Lipinski definition) is 1. The van der Waals surface area contributed by atoms with Crippen molar-refractivity contribution in [2.24, 2.45) is 5.92 Å². The van der Waals surface area contributed by atoms with Crippen molar-refractivity contribution in [2.75, 3.05) is 31.1 Å². The summed E-state index contributed by atoms with van der Waals surface area (Å²) in [6.45, 7) is 5.93. The third-order valence-electron chi connectivity index (χ3n) is 3.64. The molecule has 1 aromatic heterocycles. The smallest absolute Gasteiger partial charge is 0.222 e. The minimum absolute atomic E-state index is 0.0784. The van der Waals surface area contributed by atoms with E-state index in [0.29, 0.717) is 49.9 Å². The van der Waals surface area contributed by atoms with Gasteiger partial charge in [-0.25, -0.2) is 4.98 Å². The van der Waals surface area contributed by atoms with Gasteiger partial charge in [0.15, 0.2) is 0 Å². The first kappa shape index (κ1) is 16.2. The van der Waals surface area contributed by atoms with E-state index in [-0.39, 0.29) is 5.91 Å². The summed E-state index contributed by atoms with van der Waals surface area (Å²) in [5.74, 6) is 1.05. The average molecular weight is 302 g/mol. The van der Waals surface area contributed by atoms with Crippen LogP contribution in [0.2, 0.25) is 0 Å². The monoisotopic (exact) mass is 302 g/mol. The molecule has 0 aliphatic carbocycles. The number of β-amino-alcohol motifs (C(OH)–C–C–N with tert-alkyl or cyclic N) is 1. The molecule has 0 saturated carbocycles. The molecule has 2 heterocycles. The number of amides is 1. The summed E-state index contributed by atoms with van der Waals surface area (Å²) in [5, 5.41) is 19.1. The summed E-state index contributed by atoms with van der Waals surface area (Å²) >= 11 is 0. The molecule has 0 bridgehead atoms. The second-order valence-corrected chi connectivity index (χ2v) is 6.05. The molecule has 6 heteroatoms. The van der Waals surface area contributed by atoms with E-state index in [4.69, 9.17) is 5.26 Å². The molecule has 1 aromatic rings. The summed E-state index contributed by atoms with van der Waals surface area (Å²) in [4.78, 5) is 20.1. The van der Waals surface area contributed by atoms with Crippen molar-refractivity contribution >= 4 is 11.7 Å². The Labute approximate surface area is 131 Å². The zero-order valence-electron chi connectivity index (χ0n) is 13.1. The number of rotatable bonds is 3. The van der Waals surface area contributed by atoms with E-state index in [1.807, 2.05) is 18.7 Å². The lowest BCUT2D eigenvalue weighted by molar-refractivity contribution is -0.132. The number of hydrogen-bond acceptors (Lipinski definition) is 5. The van der Waals surface area contributed by atoms with Crippen molar-refractivity contribution in [3.63, 3.8) is 0 Å². The molecule has 1 saturated heterocycles. The molecular weight excluding hydrogens is 280 g/mol. The molecule has 1 aliphatic heterocycles. The van der Waals surface area contributed by atoms with E-state index >= 15 is 0 Å². The van der Waals surface area contributed by atoms with E-state index in [1.54, 1.807) is 23.2 Å². The highest BCUT2D eigenvalue weighted by atomic mass is 16.3. The Morgan fingerprint density at radius 2 is 2.27 bits per heavy atom. The highest BCUT2D eigenvalue weighted by Gasteiger charge is 2.25. The maximum Gasteiger partial charge on any atom is 0.222 e. The Bertz CT molecular complexity index is 568. The molecule has 0 aromatic carbocycles. The summed E-state index contributed by atoms with van der Waals surface area (Å²) in [7, 11) is 0. The Balaban J connectivity index is 2.08. The third kappa shape index (κ3) is 4.18. The second kappa shape index (κ2) is 7.23. The predicted molar refractivity (Wildman–Crippen MR) is 83.2 cm³/mol. The van der Waals surface area contributed by atoms with E-state index in [0.717, 1.165) is 0 Å². The number of aliphatic hydroxyl groups is 1. The Kier molecular flexibility index (Phi) is 5.34. The average Bonchev–Trinajstić information content (AvgIpc) is 2.68. The molecule has 2 rings (SSSR count). The highest BCUT2D eigenvalue weighted by Crippen LogP contribution is 2.16. The summed E-state index contributed by atoms with van der Waals surface area (Å²) in [6, 6.07) is 5.44. The van der Waals surface area contributed by atoms with Crippen LogP contribution >= 0.6 is 0 Å². The number of aromatic nitrogens is 1. The van der Waals surface area contributed by atoms with Crippen molar-refractivity contribution in [3.05, 3.63) is 23.9 Å². The van der Waals surface area contributed by atoms with Gasteiger partial charge in [0.05, 0.1) is 17.7 Å². The van der Waals surface area contributed by atoms with Gasteiger partial charge >= 0.3 is 0 Å². The normalized spacial score (nSPS) is 19.0. The molecule has 0 unspecified atom stereocenters. The quantitative estimate of drug-likeness (QED) is 0.901. The van der Waals surface area contributed by atoms with Gasteiger partial charge in [-0.3, -0.25) is 4.79 Å². The second-order valence-electron chi connectivity index (χ2n) is 6.05. The van der Waals surface area contributed by atoms with Crippen LogP contribution < -0.4 is 4.90 Å². The minimum atomic E-state index is -0.619. The minimum Gasteiger partial charge on any atom is -0.389 e. The first-order chi connectivity index (χ1) is 10.5. The molecule has 6 nitrogen and oxygen atoms in total. The molecule has 1 N–H and O–H groups in total. The molecule has 22 heavy (non-hydrogen) atoms. The van der Waals surface area contributed by atoms with Crippen LogP contribution in [-0.2, 0) is 4.79 Å². The topological polar surface area (TPSA) is 80.5 Å². The highest BCUT2D eigenvalue weighted by molar-refractivity contribution is 5.76. The Hall–Kier alpha value is -2.13. The van der Waals surface area contributed by atoms with Crippen molar-refractivity contribution in [2.45, 2.75) is 26.4 Å². The number of pyridine rings is 1. The number of carbonyl (C=O) groups excluding carboxylic acids is 1. The van der Waals surface area contributed by atoms with Crippen molar-refractivity contribution in [1.29, 1.82) is 5.26 Å². The van der Waals surface area contributed by atoms with E-state index in [2.05, 4.69) is 11.1 Å². The first-order valence-corrected chi connectivity index (χ1v) is 7.56. The maximum absolute atomic E-state index is 12.2. The van der Waals surface area contributed by atoms with E-state index in [1.165, 1.54) is 0 Å². The lowest BCUT2D eigenvalue weighted by atomic mass is 10.1. The molecule has 0 spiro atoms. The molecule has 1 aliphatic rings. The fraction of sp³-hybridized carbons (Fsp3) is 0.562. The van der Waals surface area contributed by atoms with Crippen molar-refractivity contribution < 1.29 is 9.90 Å². The lowest BCUT2D eigenvalue weighted by Gasteiger charge is -2.23. The lowest BCUT2D eigenvalue weighted by Crippen LogP contribution is -2.38.